The van der Waals surface area contributed by atoms with Crippen LogP contribution in [0.4, 0.5) is 8.78 Å². The maximum atomic E-state index is 17.1. The highest BCUT2D eigenvalue weighted by atomic mass is 28.1. The average Bonchev–Trinajstić information content (AvgIpc) is 3.03. The summed E-state index contributed by atoms with van der Waals surface area (Å²) in [5, 5.41) is 11.3. The van der Waals surface area contributed by atoms with E-state index >= 15 is 8.78 Å². The Hall–Kier alpha value is -1.67. The van der Waals surface area contributed by atoms with Crippen LogP contribution in [-0.2, 0) is 19.1 Å². The Labute approximate surface area is 210 Å². The number of carbonyl (C=O) groups is 3. The number of carbonyl (C=O) groups excluding carboxylic acids is 3. The van der Waals surface area contributed by atoms with Gasteiger partial charge >= 0.3 is 5.97 Å². The lowest BCUT2D eigenvalue weighted by Crippen LogP contribution is -2.68. The molecule has 5 nitrogen and oxygen atoms in total. The predicted octanol–water partition coefficient (Wildman–Crippen LogP) is 3.02. The van der Waals surface area contributed by atoms with Gasteiger partial charge < -0.3 is 9.84 Å². The Morgan fingerprint density at radius 2 is 1.91 bits per heavy atom. The molecule has 0 amide bonds. The molecule has 35 heavy (non-hydrogen) atoms. The number of fused-ring (bicyclic) bond motifs is 5. The molecule has 0 saturated heterocycles. The smallest absolute Gasteiger partial charge is 0.306 e. The van der Waals surface area contributed by atoms with Crippen molar-refractivity contribution in [3.05, 3.63) is 23.8 Å². The van der Waals surface area contributed by atoms with Crippen molar-refractivity contribution in [3.63, 3.8) is 0 Å². The molecule has 0 aromatic carbocycles. The molecule has 0 aromatic rings. The van der Waals surface area contributed by atoms with Gasteiger partial charge in [-0.25, -0.2) is 8.78 Å². The van der Waals surface area contributed by atoms with Crippen molar-refractivity contribution in [1.82, 2.24) is 0 Å². The van der Waals surface area contributed by atoms with E-state index in [9.17, 15) is 19.5 Å². The molecule has 3 fully saturated rings. The summed E-state index contributed by atoms with van der Waals surface area (Å²) in [5.41, 5.74) is -4.21. The summed E-state index contributed by atoms with van der Waals surface area (Å²) >= 11 is 0. The first kappa shape index (κ1) is 27.9. The summed E-state index contributed by atoms with van der Waals surface area (Å²) in [6, 6.07) is 0. The van der Waals surface area contributed by atoms with Crippen LogP contribution in [0.5, 0.6) is 0 Å². The van der Waals surface area contributed by atoms with E-state index < -0.39 is 46.6 Å². The molecule has 196 valence electrons. The van der Waals surface area contributed by atoms with Crippen LogP contribution in [-0.4, -0.2) is 58.2 Å². The lowest BCUT2D eigenvalue weighted by Gasteiger charge is -2.62. The van der Waals surface area contributed by atoms with Gasteiger partial charge in [0.05, 0.1) is 6.10 Å². The van der Waals surface area contributed by atoms with Crippen molar-refractivity contribution in [2.24, 2.45) is 34.5 Å². The molecule has 0 heterocycles. The molecular formula is C27H40F2O5Si. The number of esters is 1. The summed E-state index contributed by atoms with van der Waals surface area (Å²) < 4.78 is 37.7. The fraction of sp³-hybridized carbons (Fsp3) is 0.741. The molecule has 3 saturated carbocycles. The van der Waals surface area contributed by atoms with Crippen molar-refractivity contribution in [2.75, 3.05) is 6.61 Å². The Kier molecular flexibility index (Phi) is 7.70. The largest absolute Gasteiger partial charge is 0.458 e. The van der Waals surface area contributed by atoms with E-state index in [0.717, 1.165) is 6.42 Å². The number of aliphatic hydroxyl groups is 1. The maximum Gasteiger partial charge on any atom is 0.306 e. The van der Waals surface area contributed by atoms with Crippen LogP contribution in [0.2, 0.25) is 0 Å². The summed E-state index contributed by atoms with van der Waals surface area (Å²) in [6.45, 7) is 7.03. The molecule has 0 aliphatic heterocycles. The van der Waals surface area contributed by atoms with Crippen molar-refractivity contribution in [3.8, 4) is 0 Å². The second-order valence-corrected chi connectivity index (χ2v) is 11.4. The quantitative estimate of drug-likeness (QED) is 0.439. The van der Waals surface area contributed by atoms with Gasteiger partial charge in [0.15, 0.2) is 17.2 Å². The van der Waals surface area contributed by atoms with Gasteiger partial charge in [-0.1, -0.05) is 33.3 Å². The van der Waals surface area contributed by atoms with E-state index in [4.69, 9.17) is 4.74 Å². The highest BCUT2D eigenvalue weighted by molar-refractivity contribution is 6.01. The molecule has 0 aromatic heterocycles. The highest BCUT2D eigenvalue weighted by Crippen LogP contribution is 2.70. The molecule has 9 atom stereocenters. The lowest BCUT2D eigenvalue weighted by atomic mass is 9.45. The second-order valence-electron chi connectivity index (χ2n) is 11.4. The van der Waals surface area contributed by atoms with Gasteiger partial charge in [-0.2, -0.15) is 0 Å². The number of rotatable bonds is 6. The maximum absolute atomic E-state index is 17.1. The van der Waals surface area contributed by atoms with Gasteiger partial charge in [0.25, 0.3) is 0 Å². The predicted molar refractivity (Wildman–Crippen MR) is 133 cm³/mol. The molecule has 4 aliphatic carbocycles. The topological polar surface area (TPSA) is 80.7 Å². The Bertz CT molecular complexity index is 950. The monoisotopic (exact) mass is 510 g/mol. The first-order valence-corrected chi connectivity index (χ1v) is 12.5. The van der Waals surface area contributed by atoms with Gasteiger partial charge in [0, 0.05) is 23.7 Å². The fourth-order valence-corrected chi connectivity index (χ4v) is 7.89. The van der Waals surface area contributed by atoms with E-state index in [0.29, 0.717) is 12.8 Å². The molecule has 0 spiro atoms. The molecule has 0 radical (unpaired) electrons. The van der Waals surface area contributed by atoms with Gasteiger partial charge in [-0.05, 0) is 78.5 Å². The van der Waals surface area contributed by atoms with Crippen LogP contribution in [0.1, 0.15) is 66.2 Å². The second kappa shape index (κ2) is 9.65. The summed E-state index contributed by atoms with van der Waals surface area (Å²) in [4.78, 5) is 37.1. The number of ketones is 2. The third kappa shape index (κ3) is 4.08. The minimum Gasteiger partial charge on any atom is -0.458 e. The van der Waals surface area contributed by atoms with Crippen molar-refractivity contribution in [1.29, 1.82) is 0 Å². The SMILES string of the molecule is CCCCC(=O)OCC(=O)[C@H]1[C@H](C)C[C@H]2[C@@H]3C[C@H](F)C4=CC(=O)C=C[C@]4(C)[C@@]3(F)[C@@H](O)C[C@@]21C.[SiH4]. The third-order valence-electron chi connectivity index (χ3n) is 9.43. The Balaban J connectivity index is 0.00000342. The number of hydrogen-bond donors (Lipinski definition) is 1. The number of alkyl halides is 2. The number of unbranched alkanes of at least 4 members (excludes halogenated alkanes) is 1. The number of halogens is 2. The number of hydrogen-bond acceptors (Lipinski definition) is 5. The van der Waals surface area contributed by atoms with Crippen molar-refractivity contribution in [2.45, 2.75) is 84.2 Å². The molecule has 0 unspecified atom stereocenters. The zero-order valence-corrected chi connectivity index (χ0v) is 20.5. The average molecular weight is 511 g/mol. The van der Waals surface area contributed by atoms with Crippen LogP contribution in [0.25, 0.3) is 0 Å². The molecule has 8 heteroatoms. The van der Waals surface area contributed by atoms with Gasteiger partial charge in [-0.3, -0.25) is 14.4 Å². The standard InChI is InChI=1S/C27H36F2O5.H4Si/c1-5-6-7-23(33)34-14-21(31)24-15(2)10-17-18-12-20(28)19-11-16(30)8-9-26(19,4)27(18,29)22(32)13-25(17,24)3;/h8-9,11,15,17-18,20,22,24,32H,5-7,10,12-14H2,1-4H3;1H4/t15-,17+,18+,20+,22+,24-,25+,26+,27+;/m1./s1. The first-order chi connectivity index (χ1) is 15.9. The van der Waals surface area contributed by atoms with Gasteiger partial charge in [-0.15, -0.1) is 0 Å². The minimum absolute atomic E-state index is 0. The van der Waals surface area contributed by atoms with E-state index in [1.54, 1.807) is 6.92 Å². The molecule has 4 aliphatic rings. The number of aliphatic hydroxyl groups excluding tert-OH is 1. The fourth-order valence-electron chi connectivity index (χ4n) is 7.89. The van der Waals surface area contributed by atoms with E-state index in [1.807, 2.05) is 20.8 Å². The van der Waals surface area contributed by atoms with Gasteiger partial charge in [0.2, 0.25) is 0 Å². The van der Waals surface area contributed by atoms with Crippen LogP contribution >= 0.6 is 0 Å². The summed E-state index contributed by atoms with van der Waals surface area (Å²) in [6.07, 6.45) is 3.20. The Morgan fingerprint density at radius 1 is 1.23 bits per heavy atom. The minimum atomic E-state index is -2.15. The van der Waals surface area contributed by atoms with Crippen molar-refractivity contribution >= 4 is 28.5 Å². The lowest BCUT2D eigenvalue weighted by molar-refractivity contribution is -0.202. The molecule has 0 bridgehead atoms. The normalized spacial score (nSPS) is 43.9. The zero-order valence-electron chi connectivity index (χ0n) is 20.5. The molecule has 4 rings (SSSR count). The Morgan fingerprint density at radius 3 is 2.57 bits per heavy atom. The molecule has 1 N–H and O–H groups in total. The van der Waals surface area contributed by atoms with Crippen molar-refractivity contribution < 1.29 is 33.0 Å². The van der Waals surface area contributed by atoms with Crippen LogP contribution < -0.4 is 0 Å². The van der Waals surface area contributed by atoms with E-state index in [-0.39, 0.29) is 65.8 Å². The van der Waals surface area contributed by atoms with E-state index in [1.165, 1.54) is 18.2 Å². The summed E-state index contributed by atoms with van der Waals surface area (Å²) in [7, 11) is 0. The first-order valence-electron chi connectivity index (χ1n) is 12.5. The zero-order chi connectivity index (χ0) is 25.1. The highest BCUT2D eigenvalue weighted by Gasteiger charge is 2.73. The van der Waals surface area contributed by atoms with Crippen LogP contribution in [0.15, 0.2) is 23.8 Å². The van der Waals surface area contributed by atoms with Crippen LogP contribution in [0, 0.1) is 34.5 Å². The van der Waals surface area contributed by atoms with Gasteiger partial charge in [0.1, 0.15) is 12.8 Å². The summed E-state index contributed by atoms with van der Waals surface area (Å²) in [5.74, 6) is -2.75. The third-order valence-corrected chi connectivity index (χ3v) is 9.43. The van der Waals surface area contributed by atoms with E-state index in [2.05, 4.69) is 0 Å². The number of allylic oxidation sites excluding steroid dienone is 4. The molecular weight excluding hydrogens is 470 g/mol. The number of ether oxygens (including phenoxy) is 1. The number of Topliss-reactive ketones (excluding diaryl/α,β-unsaturated/α-hetero) is 1. The van der Waals surface area contributed by atoms with Crippen LogP contribution in [0.3, 0.4) is 0 Å².